The fourth-order valence-electron chi connectivity index (χ4n) is 4.99. The standard InChI is InChI=1S/C31H24S/c1-31(2)27-14-7-6-13-25(27)26-16-15-23(20-28(26)31)22-11-8-12-24(19-22)30-18-17-29(32-30)21-9-4-3-5-10-21/h3-20H,1-2H3. The summed E-state index contributed by atoms with van der Waals surface area (Å²) in [4.78, 5) is 2.61. The van der Waals surface area contributed by atoms with Crippen molar-refractivity contribution in [2.75, 3.05) is 0 Å². The number of thiophene rings is 1. The van der Waals surface area contributed by atoms with Gasteiger partial charge in [-0.15, -0.1) is 11.3 Å². The lowest BCUT2D eigenvalue weighted by Crippen LogP contribution is -2.14. The molecule has 1 aliphatic rings. The molecule has 4 aromatic carbocycles. The summed E-state index contributed by atoms with van der Waals surface area (Å²) in [5.41, 5.74) is 10.7. The Bertz CT molecular complexity index is 1440. The highest BCUT2D eigenvalue weighted by atomic mass is 32.1. The van der Waals surface area contributed by atoms with Crippen molar-refractivity contribution in [3.8, 4) is 43.1 Å². The van der Waals surface area contributed by atoms with Crippen LogP contribution in [0.15, 0.2) is 109 Å². The van der Waals surface area contributed by atoms with E-state index < -0.39 is 0 Å². The first-order valence-electron chi connectivity index (χ1n) is 11.1. The fourth-order valence-corrected chi connectivity index (χ4v) is 5.99. The average molecular weight is 429 g/mol. The third kappa shape index (κ3) is 3.04. The highest BCUT2D eigenvalue weighted by Gasteiger charge is 2.35. The Morgan fingerprint density at radius 2 is 1.09 bits per heavy atom. The molecule has 1 aliphatic carbocycles. The van der Waals surface area contributed by atoms with Gasteiger partial charge < -0.3 is 0 Å². The van der Waals surface area contributed by atoms with Crippen molar-refractivity contribution in [1.82, 2.24) is 0 Å². The second-order valence-corrected chi connectivity index (χ2v) is 10.1. The zero-order chi connectivity index (χ0) is 21.7. The molecule has 6 rings (SSSR count). The van der Waals surface area contributed by atoms with Gasteiger partial charge in [-0.2, -0.15) is 0 Å². The molecule has 0 saturated heterocycles. The van der Waals surface area contributed by atoms with E-state index in [0.29, 0.717) is 0 Å². The molecule has 0 N–H and O–H groups in total. The maximum absolute atomic E-state index is 2.40. The predicted octanol–water partition coefficient (Wildman–Crippen LogP) is 9.06. The molecule has 0 spiro atoms. The van der Waals surface area contributed by atoms with Gasteiger partial charge in [0.2, 0.25) is 0 Å². The van der Waals surface area contributed by atoms with Crippen LogP contribution in [0.25, 0.3) is 43.1 Å². The molecule has 1 heterocycles. The molecule has 1 heteroatoms. The van der Waals surface area contributed by atoms with E-state index in [9.17, 15) is 0 Å². The predicted molar refractivity (Wildman–Crippen MR) is 138 cm³/mol. The lowest BCUT2D eigenvalue weighted by Gasteiger charge is -2.22. The molecule has 0 fully saturated rings. The van der Waals surface area contributed by atoms with E-state index in [4.69, 9.17) is 0 Å². The number of rotatable bonds is 3. The van der Waals surface area contributed by atoms with Gasteiger partial charge in [0.05, 0.1) is 0 Å². The summed E-state index contributed by atoms with van der Waals surface area (Å²) in [6.45, 7) is 4.68. The molecular weight excluding hydrogens is 404 g/mol. The average Bonchev–Trinajstić information content (AvgIpc) is 3.42. The van der Waals surface area contributed by atoms with E-state index in [-0.39, 0.29) is 5.41 Å². The maximum atomic E-state index is 2.40. The van der Waals surface area contributed by atoms with E-state index in [1.807, 2.05) is 11.3 Å². The number of benzene rings is 4. The first-order valence-corrected chi connectivity index (χ1v) is 11.9. The molecule has 32 heavy (non-hydrogen) atoms. The first kappa shape index (κ1) is 19.3. The minimum Gasteiger partial charge on any atom is -0.135 e. The Morgan fingerprint density at radius 1 is 0.469 bits per heavy atom. The summed E-state index contributed by atoms with van der Waals surface area (Å²) >= 11 is 1.85. The van der Waals surface area contributed by atoms with Crippen LogP contribution in [-0.2, 0) is 5.41 Å². The summed E-state index contributed by atoms with van der Waals surface area (Å²) in [7, 11) is 0. The summed E-state index contributed by atoms with van der Waals surface area (Å²) in [5, 5.41) is 0. The van der Waals surface area contributed by atoms with Crippen LogP contribution in [0.5, 0.6) is 0 Å². The maximum Gasteiger partial charge on any atom is 0.0349 e. The summed E-state index contributed by atoms with van der Waals surface area (Å²) in [6, 6.07) is 39.9. The molecule has 0 bridgehead atoms. The van der Waals surface area contributed by atoms with Crippen LogP contribution < -0.4 is 0 Å². The van der Waals surface area contributed by atoms with Gasteiger partial charge in [-0.1, -0.05) is 98.8 Å². The van der Waals surface area contributed by atoms with Gasteiger partial charge in [-0.05, 0) is 68.8 Å². The Balaban J connectivity index is 1.39. The quantitative estimate of drug-likeness (QED) is 0.269. The van der Waals surface area contributed by atoms with Crippen LogP contribution in [0, 0.1) is 0 Å². The van der Waals surface area contributed by atoms with Crippen LogP contribution in [0.2, 0.25) is 0 Å². The van der Waals surface area contributed by atoms with Gasteiger partial charge in [-0.3, -0.25) is 0 Å². The van der Waals surface area contributed by atoms with E-state index in [1.54, 1.807) is 0 Å². The molecule has 0 saturated carbocycles. The SMILES string of the molecule is CC1(C)c2ccccc2-c2ccc(-c3cccc(-c4ccc(-c5ccccc5)s4)c3)cc21. The fraction of sp³-hybridized carbons (Fsp3) is 0.0968. The molecule has 0 amide bonds. The van der Waals surface area contributed by atoms with Gasteiger partial charge in [0.25, 0.3) is 0 Å². The van der Waals surface area contributed by atoms with Crippen molar-refractivity contribution >= 4 is 11.3 Å². The van der Waals surface area contributed by atoms with E-state index in [1.165, 1.54) is 54.3 Å². The van der Waals surface area contributed by atoms with Crippen LogP contribution in [0.3, 0.4) is 0 Å². The van der Waals surface area contributed by atoms with Crippen molar-refractivity contribution < 1.29 is 0 Å². The van der Waals surface area contributed by atoms with Crippen LogP contribution in [-0.4, -0.2) is 0 Å². The summed E-state index contributed by atoms with van der Waals surface area (Å²) < 4.78 is 0. The first-order chi connectivity index (χ1) is 15.6. The molecule has 5 aromatic rings. The zero-order valence-corrected chi connectivity index (χ0v) is 19.1. The topological polar surface area (TPSA) is 0 Å². The van der Waals surface area contributed by atoms with Crippen molar-refractivity contribution in [2.45, 2.75) is 19.3 Å². The molecule has 0 unspecified atom stereocenters. The molecule has 0 atom stereocenters. The molecule has 154 valence electrons. The Kier molecular flexibility index (Phi) is 4.41. The third-order valence-electron chi connectivity index (χ3n) is 6.73. The number of hydrogen-bond donors (Lipinski definition) is 0. The lowest BCUT2D eigenvalue weighted by molar-refractivity contribution is 0.660. The third-order valence-corrected chi connectivity index (χ3v) is 7.91. The van der Waals surface area contributed by atoms with Gasteiger partial charge in [0, 0.05) is 15.2 Å². The minimum absolute atomic E-state index is 0.0257. The van der Waals surface area contributed by atoms with Crippen LogP contribution in [0.1, 0.15) is 25.0 Å². The van der Waals surface area contributed by atoms with E-state index in [2.05, 4.69) is 123 Å². The molecular formula is C31H24S. The van der Waals surface area contributed by atoms with Crippen molar-refractivity contribution in [2.24, 2.45) is 0 Å². The number of fused-ring (bicyclic) bond motifs is 3. The van der Waals surface area contributed by atoms with Gasteiger partial charge in [-0.25, -0.2) is 0 Å². The van der Waals surface area contributed by atoms with Crippen LogP contribution >= 0.6 is 11.3 Å². The highest BCUT2D eigenvalue weighted by Crippen LogP contribution is 2.49. The monoisotopic (exact) mass is 428 g/mol. The molecule has 0 nitrogen and oxygen atoms in total. The van der Waals surface area contributed by atoms with E-state index >= 15 is 0 Å². The summed E-state index contributed by atoms with van der Waals surface area (Å²) in [6.07, 6.45) is 0. The molecule has 0 radical (unpaired) electrons. The number of hydrogen-bond acceptors (Lipinski definition) is 1. The Labute approximate surface area is 193 Å². The largest absolute Gasteiger partial charge is 0.135 e. The lowest BCUT2D eigenvalue weighted by atomic mass is 9.81. The van der Waals surface area contributed by atoms with Crippen molar-refractivity contribution in [3.63, 3.8) is 0 Å². The van der Waals surface area contributed by atoms with Crippen LogP contribution in [0.4, 0.5) is 0 Å². The molecule has 1 aromatic heterocycles. The van der Waals surface area contributed by atoms with E-state index in [0.717, 1.165) is 0 Å². The van der Waals surface area contributed by atoms with Crippen molar-refractivity contribution in [3.05, 3.63) is 120 Å². The smallest absolute Gasteiger partial charge is 0.0349 e. The molecule has 0 aliphatic heterocycles. The highest BCUT2D eigenvalue weighted by molar-refractivity contribution is 7.18. The van der Waals surface area contributed by atoms with Gasteiger partial charge >= 0.3 is 0 Å². The second-order valence-electron chi connectivity index (χ2n) is 9.04. The zero-order valence-electron chi connectivity index (χ0n) is 18.3. The van der Waals surface area contributed by atoms with Gasteiger partial charge in [0.15, 0.2) is 0 Å². The minimum atomic E-state index is 0.0257. The Morgan fingerprint density at radius 3 is 1.94 bits per heavy atom. The normalized spacial score (nSPS) is 13.6. The summed E-state index contributed by atoms with van der Waals surface area (Å²) in [5.74, 6) is 0. The van der Waals surface area contributed by atoms with Gasteiger partial charge in [0.1, 0.15) is 0 Å². The van der Waals surface area contributed by atoms with Crippen molar-refractivity contribution in [1.29, 1.82) is 0 Å². The second kappa shape index (κ2) is 7.32. The Hall–Kier alpha value is -3.42.